The summed E-state index contributed by atoms with van der Waals surface area (Å²) in [5.41, 5.74) is 5.35. The molecule has 0 aliphatic carbocycles. The van der Waals surface area contributed by atoms with Crippen LogP contribution in [0.5, 0.6) is 0 Å². The fraction of sp³-hybridized carbons (Fsp3) is 0.736. The van der Waals surface area contributed by atoms with Gasteiger partial charge in [0.2, 0.25) is 0 Å². The van der Waals surface area contributed by atoms with E-state index in [0.717, 1.165) is 44.9 Å². The smallest absolute Gasteiger partial charge is 0.462 e. The van der Waals surface area contributed by atoms with Crippen molar-refractivity contribution in [2.24, 2.45) is 5.73 Å². The van der Waals surface area contributed by atoms with Crippen LogP contribution < -0.4 is 5.73 Å². The summed E-state index contributed by atoms with van der Waals surface area (Å²) >= 11 is 0. The number of rotatable bonds is 47. The molecule has 364 valence electrons. The first-order valence-electron chi connectivity index (χ1n) is 25.4. The van der Waals surface area contributed by atoms with E-state index in [1.165, 1.54) is 141 Å². The van der Waals surface area contributed by atoms with Gasteiger partial charge >= 0.3 is 19.8 Å². The van der Waals surface area contributed by atoms with E-state index in [4.69, 9.17) is 24.3 Å². The average molecular weight is 904 g/mol. The quantitative estimate of drug-likeness (QED) is 0.0265. The van der Waals surface area contributed by atoms with Gasteiger partial charge < -0.3 is 20.1 Å². The molecule has 63 heavy (non-hydrogen) atoms. The summed E-state index contributed by atoms with van der Waals surface area (Å²) in [6.07, 6.45) is 61.3. The van der Waals surface area contributed by atoms with Crippen LogP contribution >= 0.6 is 7.82 Å². The number of esters is 2. The molecule has 0 amide bonds. The van der Waals surface area contributed by atoms with Gasteiger partial charge in [-0.1, -0.05) is 215 Å². The van der Waals surface area contributed by atoms with Crippen LogP contribution in [0, 0.1) is 0 Å². The lowest BCUT2D eigenvalue weighted by Gasteiger charge is -2.19. The maximum atomic E-state index is 12.5. The van der Waals surface area contributed by atoms with Crippen molar-refractivity contribution in [1.29, 1.82) is 0 Å². The Morgan fingerprint density at radius 1 is 0.508 bits per heavy atom. The number of hydrogen-bond donors (Lipinski definition) is 2. The lowest BCUT2D eigenvalue weighted by Crippen LogP contribution is -2.29. The maximum absolute atomic E-state index is 12.5. The summed E-state index contributed by atoms with van der Waals surface area (Å²) in [6, 6.07) is 0. The lowest BCUT2D eigenvalue weighted by molar-refractivity contribution is -0.160. The molecule has 3 N–H and O–H groups in total. The van der Waals surface area contributed by atoms with Crippen LogP contribution in [0.25, 0.3) is 0 Å². The number of carbonyl (C=O) groups is 2. The number of nitrogens with two attached hydrogens (primary N) is 1. The highest BCUT2D eigenvalue weighted by Crippen LogP contribution is 2.43. The summed E-state index contributed by atoms with van der Waals surface area (Å²) in [5, 5.41) is 0. The van der Waals surface area contributed by atoms with Gasteiger partial charge in [-0.05, 0) is 64.2 Å². The predicted molar refractivity (Wildman–Crippen MR) is 266 cm³/mol. The van der Waals surface area contributed by atoms with Crippen LogP contribution in [0.15, 0.2) is 72.9 Å². The Morgan fingerprint density at radius 2 is 0.921 bits per heavy atom. The Balaban J connectivity index is 4.03. The van der Waals surface area contributed by atoms with Crippen LogP contribution in [0.2, 0.25) is 0 Å². The molecule has 0 aromatic heterocycles. The Hall–Kier alpha value is -2.55. The van der Waals surface area contributed by atoms with Crippen LogP contribution in [0.3, 0.4) is 0 Å². The van der Waals surface area contributed by atoms with Gasteiger partial charge in [0.1, 0.15) is 6.61 Å². The zero-order valence-electron chi connectivity index (χ0n) is 40.3. The minimum absolute atomic E-state index is 0.00349. The predicted octanol–water partition coefficient (Wildman–Crippen LogP) is 15.4. The van der Waals surface area contributed by atoms with E-state index in [1.807, 2.05) is 12.2 Å². The van der Waals surface area contributed by atoms with Crippen molar-refractivity contribution >= 4 is 19.8 Å². The van der Waals surface area contributed by atoms with E-state index in [-0.39, 0.29) is 32.6 Å². The topological polar surface area (TPSA) is 134 Å². The molecule has 2 atom stereocenters. The van der Waals surface area contributed by atoms with Gasteiger partial charge in [0.15, 0.2) is 6.10 Å². The summed E-state index contributed by atoms with van der Waals surface area (Å²) in [7, 11) is -4.41. The van der Waals surface area contributed by atoms with Gasteiger partial charge in [-0.25, -0.2) is 4.57 Å². The second kappa shape index (κ2) is 48.9. The van der Waals surface area contributed by atoms with Crippen molar-refractivity contribution in [2.75, 3.05) is 26.4 Å². The molecule has 0 fully saturated rings. The monoisotopic (exact) mass is 904 g/mol. The molecule has 0 heterocycles. The number of ether oxygens (including phenoxy) is 2. The number of unbranched alkanes of at least 4 members (excludes halogenated alkanes) is 23. The van der Waals surface area contributed by atoms with Crippen LogP contribution in [0.4, 0.5) is 0 Å². The first kappa shape index (κ1) is 60.5. The zero-order chi connectivity index (χ0) is 46.0. The van der Waals surface area contributed by atoms with Gasteiger partial charge in [-0.3, -0.25) is 18.6 Å². The Kier molecular flexibility index (Phi) is 46.9. The number of phosphoric acid groups is 1. The summed E-state index contributed by atoms with van der Waals surface area (Å²) in [5.74, 6) is -0.974. The molecule has 0 spiro atoms. The molecule has 0 saturated carbocycles. The Morgan fingerprint density at radius 3 is 1.37 bits per heavy atom. The third-order valence-corrected chi connectivity index (χ3v) is 11.6. The van der Waals surface area contributed by atoms with Crippen LogP contribution in [-0.4, -0.2) is 49.3 Å². The lowest BCUT2D eigenvalue weighted by atomic mass is 10.0. The van der Waals surface area contributed by atoms with Crippen molar-refractivity contribution in [2.45, 2.75) is 225 Å². The van der Waals surface area contributed by atoms with Crippen molar-refractivity contribution in [3.05, 3.63) is 72.9 Å². The average Bonchev–Trinajstić information content (AvgIpc) is 3.27. The van der Waals surface area contributed by atoms with Crippen LogP contribution in [0.1, 0.15) is 219 Å². The molecule has 10 heteroatoms. The standard InChI is InChI=1S/C53H94NO8P/c1-3-5-7-9-11-13-15-17-19-20-21-22-23-24-25-26-27-28-29-30-32-33-35-37-39-41-43-45-52(55)59-49-51(50-61-63(57,58)60-48-47-54)62-53(56)46-44-42-40-38-36-34-31-18-16-14-12-10-8-6-4-2/h6,8,12,14,18,20-21,31,36,38,42,44,51H,3-5,7,9-11,13,15-17,19,22-30,32-35,37,39-41,43,45-50,54H2,1-2H3,(H,57,58)/b8-6-,14-12-,21-20-,31-18-,38-36-,44-42-. The third kappa shape index (κ3) is 48.7. The van der Waals surface area contributed by atoms with Gasteiger partial charge in [-0.15, -0.1) is 0 Å². The highest BCUT2D eigenvalue weighted by Gasteiger charge is 2.25. The van der Waals surface area contributed by atoms with Gasteiger partial charge in [0.25, 0.3) is 0 Å². The minimum atomic E-state index is -4.41. The molecule has 0 bridgehead atoms. The first-order chi connectivity index (χ1) is 30.8. The summed E-state index contributed by atoms with van der Waals surface area (Å²) in [4.78, 5) is 34.9. The molecule has 0 aromatic rings. The van der Waals surface area contributed by atoms with Crippen molar-refractivity contribution in [3.63, 3.8) is 0 Å². The molecular weight excluding hydrogens is 810 g/mol. The molecule has 9 nitrogen and oxygen atoms in total. The minimum Gasteiger partial charge on any atom is -0.462 e. The zero-order valence-corrected chi connectivity index (χ0v) is 41.2. The fourth-order valence-electron chi connectivity index (χ4n) is 6.88. The molecule has 0 aliphatic heterocycles. The number of hydrogen-bond acceptors (Lipinski definition) is 8. The van der Waals surface area contributed by atoms with E-state index in [2.05, 4.69) is 68.5 Å². The summed E-state index contributed by atoms with van der Waals surface area (Å²) < 4.78 is 32.7. The molecule has 0 aliphatic rings. The van der Waals surface area contributed by atoms with E-state index < -0.39 is 32.5 Å². The highest BCUT2D eigenvalue weighted by atomic mass is 31.2. The number of phosphoric ester groups is 1. The van der Waals surface area contributed by atoms with E-state index in [9.17, 15) is 19.0 Å². The second-order valence-corrected chi connectivity index (χ2v) is 18.1. The second-order valence-electron chi connectivity index (χ2n) is 16.7. The number of allylic oxidation sites excluding steroid dienone is 11. The van der Waals surface area contributed by atoms with Gasteiger partial charge in [0.05, 0.1) is 19.6 Å². The van der Waals surface area contributed by atoms with Crippen molar-refractivity contribution < 1.29 is 37.6 Å². The normalized spacial score (nSPS) is 13.8. The SMILES string of the molecule is CC/C=C\C/C=C\C/C=C\C/C=C\C/C=C\CC(=O)OC(COC(=O)CCCCCCCCCCCCCCCCC/C=C\CCCCCCCCCC)COP(=O)(O)OCCN. The highest BCUT2D eigenvalue weighted by molar-refractivity contribution is 7.47. The van der Waals surface area contributed by atoms with E-state index in [1.54, 1.807) is 6.08 Å². The van der Waals surface area contributed by atoms with E-state index >= 15 is 0 Å². The molecule has 0 rings (SSSR count). The van der Waals surface area contributed by atoms with Crippen molar-refractivity contribution in [3.8, 4) is 0 Å². The van der Waals surface area contributed by atoms with Crippen molar-refractivity contribution in [1.82, 2.24) is 0 Å². The number of carbonyl (C=O) groups excluding carboxylic acids is 2. The fourth-order valence-corrected chi connectivity index (χ4v) is 7.65. The Labute approximate surface area is 386 Å². The largest absolute Gasteiger partial charge is 0.472 e. The summed E-state index contributed by atoms with van der Waals surface area (Å²) in [6.45, 7) is 3.52. The molecule has 2 unspecified atom stereocenters. The molecular formula is C53H94NO8P. The molecule has 0 saturated heterocycles. The van der Waals surface area contributed by atoms with Gasteiger partial charge in [0, 0.05) is 13.0 Å². The van der Waals surface area contributed by atoms with Gasteiger partial charge in [-0.2, -0.15) is 0 Å². The first-order valence-corrected chi connectivity index (χ1v) is 26.9. The Bertz CT molecular complexity index is 1260. The molecule has 0 aromatic carbocycles. The van der Waals surface area contributed by atoms with Crippen LogP contribution in [-0.2, 0) is 32.7 Å². The third-order valence-electron chi connectivity index (χ3n) is 10.6. The maximum Gasteiger partial charge on any atom is 0.472 e. The van der Waals surface area contributed by atoms with E-state index in [0.29, 0.717) is 6.42 Å². The molecule has 0 radical (unpaired) electrons.